The smallest absolute Gasteiger partial charge is 0.320 e. The summed E-state index contributed by atoms with van der Waals surface area (Å²) in [7, 11) is 0. The number of carbonyl (C=O) groups is 1. The molecular weight excluding hydrogens is 262 g/mol. The molecule has 0 aliphatic carbocycles. The summed E-state index contributed by atoms with van der Waals surface area (Å²) in [6, 6.07) is 18.2. The van der Waals surface area contributed by atoms with Crippen LogP contribution in [0.4, 0.5) is 0 Å². The molecule has 0 amide bonds. The van der Waals surface area contributed by atoms with Crippen LogP contribution in [0.25, 0.3) is 0 Å². The van der Waals surface area contributed by atoms with Crippen molar-refractivity contribution in [1.29, 1.82) is 0 Å². The van der Waals surface area contributed by atoms with Crippen molar-refractivity contribution < 1.29 is 9.90 Å². The Labute approximate surface area is 124 Å². The molecule has 0 bridgehead atoms. The molecule has 0 aromatic heterocycles. The van der Waals surface area contributed by atoms with Crippen LogP contribution in [0.5, 0.6) is 0 Å². The van der Waals surface area contributed by atoms with E-state index in [-0.39, 0.29) is 5.92 Å². The van der Waals surface area contributed by atoms with Crippen molar-refractivity contribution in [3.8, 4) is 0 Å². The van der Waals surface area contributed by atoms with Gasteiger partial charge in [0.2, 0.25) is 0 Å². The van der Waals surface area contributed by atoms with Crippen molar-refractivity contribution in [1.82, 2.24) is 4.90 Å². The van der Waals surface area contributed by atoms with Crippen LogP contribution >= 0.6 is 0 Å². The summed E-state index contributed by atoms with van der Waals surface area (Å²) in [6.07, 6.45) is 0. The number of benzene rings is 2. The molecule has 108 valence electrons. The van der Waals surface area contributed by atoms with Crippen LogP contribution in [-0.4, -0.2) is 28.6 Å². The van der Waals surface area contributed by atoms with Gasteiger partial charge in [-0.3, -0.25) is 9.69 Å². The van der Waals surface area contributed by atoms with Crippen molar-refractivity contribution in [3.05, 3.63) is 71.3 Å². The predicted octanol–water partition coefficient (Wildman–Crippen LogP) is 3.11. The fourth-order valence-electron chi connectivity index (χ4n) is 3.06. The molecule has 3 nitrogen and oxygen atoms in total. The zero-order valence-corrected chi connectivity index (χ0v) is 12.1. The molecule has 0 fully saturated rings. The fraction of sp³-hybridized carbons (Fsp3) is 0.278. The Morgan fingerprint density at radius 1 is 1.14 bits per heavy atom. The van der Waals surface area contributed by atoms with Crippen molar-refractivity contribution >= 4 is 5.97 Å². The summed E-state index contributed by atoms with van der Waals surface area (Å²) in [5, 5.41) is 9.30. The predicted molar refractivity (Wildman–Crippen MR) is 82.2 cm³/mol. The average molecular weight is 281 g/mol. The number of carboxylic acids is 1. The summed E-state index contributed by atoms with van der Waals surface area (Å²) in [5.74, 6) is -0.529. The van der Waals surface area contributed by atoms with Gasteiger partial charge in [0.1, 0.15) is 6.04 Å². The Morgan fingerprint density at radius 3 is 2.52 bits per heavy atom. The van der Waals surface area contributed by atoms with Gasteiger partial charge in [0.25, 0.3) is 0 Å². The lowest BCUT2D eigenvalue weighted by atomic mass is 9.84. The number of hydrogen-bond acceptors (Lipinski definition) is 2. The van der Waals surface area contributed by atoms with Gasteiger partial charge < -0.3 is 5.11 Å². The molecule has 1 N–H and O–H groups in total. The highest BCUT2D eigenvalue weighted by molar-refractivity contribution is 5.73. The van der Waals surface area contributed by atoms with E-state index in [1.807, 2.05) is 29.2 Å². The second kappa shape index (κ2) is 5.70. The topological polar surface area (TPSA) is 40.5 Å². The Kier molecular flexibility index (Phi) is 3.76. The SMILES string of the molecule is C[C@@H](C(=O)O)N1Cc2ccccc2[C@H](c2ccccc2)C1. The minimum Gasteiger partial charge on any atom is -0.480 e. The highest BCUT2D eigenvalue weighted by Crippen LogP contribution is 2.34. The van der Waals surface area contributed by atoms with Gasteiger partial charge in [0.05, 0.1) is 0 Å². The quantitative estimate of drug-likeness (QED) is 0.939. The monoisotopic (exact) mass is 281 g/mol. The molecule has 1 aliphatic heterocycles. The van der Waals surface area contributed by atoms with Crippen LogP contribution in [0.2, 0.25) is 0 Å². The Balaban J connectivity index is 2.00. The second-order valence-corrected chi connectivity index (χ2v) is 5.61. The summed E-state index contributed by atoms with van der Waals surface area (Å²) >= 11 is 0. The van der Waals surface area contributed by atoms with E-state index in [2.05, 4.69) is 30.3 Å². The van der Waals surface area contributed by atoms with Crippen LogP contribution in [0, 0.1) is 0 Å². The van der Waals surface area contributed by atoms with Gasteiger partial charge in [-0.15, -0.1) is 0 Å². The lowest BCUT2D eigenvalue weighted by Crippen LogP contribution is -2.43. The van der Waals surface area contributed by atoms with E-state index in [0.29, 0.717) is 6.54 Å². The molecule has 3 rings (SSSR count). The minimum absolute atomic E-state index is 0.234. The molecule has 0 saturated carbocycles. The van der Waals surface area contributed by atoms with Gasteiger partial charge in [-0.05, 0) is 23.6 Å². The molecule has 2 aromatic carbocycles. The van der Waals surface area contributed by atoms with Crippen molar-refractivity contribution in [2.45, 2.75) is 25.4 Å². The maximum absolute atomic E-state index is 11.3. The van der Waals surface area contributed by atoms with E-state index in [9.17, 15) is 9.90 Å². The number of hydrogen-bond donors (Lipinski definition) is 1. The number of aliphatic carboxylic acids is 1. The van der Waals surface area contributed by atoms with E-state index in [4.69, 9.17) is 0 Å². The van der Waals surface area contributed by atoms with Crippen LogP contribution in [0.1, 0.15) is 29.5 Å². The molecule has 1 heterocycles. The molecule has 0 radical (unpaired) electrons. The maximum Gasteiger partial charge on any atom is 0.320 e. The summed E-state index contributed by atoms with van der Waals surface area (Å²) in [4.78, 5) is 13.4. The fourth-order valence-corrected chi connectivity index (χ4v) is 3.06. The van der Waals surface area contributed by atoms with Crippen molar-refractivity contribution in [2.75, 3.05) is 6.54 Å². The van der Waals surface area contributed by atoms with Crippen molar-refractivity contribution in [3.63, 3.8) is 0 Å². The Bertz CT molecular complexity index is 639. The summed E-state index contributed by atoms with van der Waals surface area (Å²) in [5.41, 5.74) is 3.79. The lowest BCUT2D eigenvalue weighted by Gasteiger charge is -2.37. The van der Waals surface area contributed by atoms with Gasteiger partial charge in [0, 0.05) is 19.0 Å². The first-order valence-corrected chi connectivity index (χ1v) is 7.26. The van der Waals surface area contributed by atoms with Crippen LogP contribution < -0.4 is 0 Å². The zero-order valence-electron chi connectivity index (χ0n) is 12.1. The first-order chi connectivity index (χ1) is 10.2. The van der Waals surface area contributed by atoms with Gasteiger partial charge in [-0.2, -0.15) is 0 Å². The maximum atomic E-state index is 11.3. The third kappa shape index (κ3) is 2.69. The number of carboxylic acid groups (broad SMARTS) is 1. The molecule has 2 aromatic rings. The van der Waals surface area contributed by atoms with E-state index in [1.165, 1.54) is 16.7 Å². The molecule has 0 saturated heterocycles. The van der Waals surface area contributed by atoms with Gasteiger partial charge in [0.15, 0.2) is 0 Å². The largest absolute Gasteiger partial charge is 0.480 e. The molecule has 3 heteroatoms. The standard InChI is InChI=1S/C18H19NO2/c1-13(18(20)21)19-11-15-9-5-6-10-16(15)17(12-19)14-7-3-2-4-8-14/h2-10,13,17H,11-12H2,1H3,(H,20,21)/t13-,17-/m0/s1. The molecule has 0 spiro atoms. The number of nitrogens with zero attached hydrogens (tertiary/aromatic N) is 1. The number of rotatable bonds is 3. The van der Waals surface area contributed by atoms with Gasteiger partial charge >= 0.3 is 5.97 Å². The Morgan fingerprint density at radius 2 is 1.81 bits per heavy atom. The normalized spacial score (nSPS) is 19.8. The lowest BCUT2D eigenvalue weighted by molar-refractivity contribution is -0.143. The highest BCUT2D eigenvalue weighted by atomic mass is 16.4. The van der Waals surface area contributed by atoms with Crippen LogP contribution in [0.3, 0.4) is 0 Å². The first kappa shape index (κ1) is 13.8. The third-order valence-electron chi connectivity index (χ3n) is 4.33. The molecule has 21 heavy (non-hydrogen) atoms. The number of fused-ring (bicyclic) bond motifs is 1. The van der Waals surface area contributed by atoms with E-state index < -0.39 is 12.0 Å². The Hall–Kier alpha value is -2.13. The highest BCUT2D eigenvalue weighted by Gasteiger charge is 2.31. The summed E-state index contributed by atoms with van der Waals surface area (Å²) in [6.45, 7) is 3.21. The van der Waals surface area contributed by atoms with Gasteiger partial charge in [-0.25, -0.2) is 0 Å². The average Bonchev–Trinajstić information content (AvgIpc) is 2.53. The van der Waals surface area contributed by atoms with Gasteiger partial charge in [-0.1, -0.05) is 54.6 Å². The van der Waals surface area contributed by atoms with Crippen LogP contribution in [0.15, 0.2) is 54.6 Å². The van der Waals surface area contributed by atoms with E-state index in [1.54, 1.807) is 6.92 Å². The zero-order chi connectivity index (χ0) is 14.8. The third-order valence-corrected chi connectivity index (χ3v) is 4.33. The molecule has 0 unspecified atom stereocenters. The molecule has 1 aliphatic rings. The summed E-state index contributed by atoms with van der Waals surface area (Å²) < 4.78 is 0. The molecular formula is C18H19NO2. The minimum atomic E-state index is -0.763. The first-order valence-electron chi connectivity index (χ1n) is 7.26. The van der Waals surface area contributed by atoms with E-state index >= 15 is 0 Å². The van der Waals surface area contributed by atoms with Crippen LogP contribution in [-0.2, 0) is 11.3 Å². The van der Waals surface area contributed by atoms with E-state index in [0.717, 1.165) is 6.54 Å². The molecule has 2 atom stereocenters. The second-order valence-electron chi connectivity index (χ2n) is 5.61. The van der Waals surface area contributed by atoms with Crippen molar-refractivity contribution in [2.24, 2.45) is 0 Å².